The van der Waals surface area contributed by atoms with Gasteiger partial charge in [0.25, 0.3) is 5.91 Å². The largest absolute Gasteiger partial charge is 0.478 e. The number of nitrogens with zero attached hydrogens (tertiary/aromatic N) is 2. The Morgan fingerprint density at radius 1 is 0.806 bits per heavy atom. The fourth-order valence-electron chi connectivity index (χ4n) is 4.12. The van der Waals surface area contributed by atoms with Crippen LogP contribution in [0.2, 0.25) is 0 Å². The Kier molecular flexibility index (Phi) is 6.63. The minimum Gasteiger partial charge on any atom is -0.478 e. The van der Waals surface area contributed by atoms with E-state index in [2.05, 4.69) is 53.4 Å². The molecule has 0 aromatic heterocycles. The van der Waals surface area contributed by atoms with Crippen molar-refractivity contribution in [2.24, 2.45) is 0 Å². The van der Waals surface area contributed by atoms with E-state index >= 15 is 0 Å². The van der Waals surface area contributed by atoms with E-state index in [9.17, 15) is 9.18 Å². The summed E-state index contributed by atoms with van der Waals surface area (Å²) in [6.07, 6.45) is -0.734. The van der Waals surface area contributed by atoms with Crippen molar-refractivity contribution in [1.29, 1.82) is 0 Å². The molecule has 0 aliphatic carbocycles. The molecule has 160 valence electrons. The number of carbonyl (C=O) groups excluding carboxylic acids is 1. The monoisotopic (exact) mass is 418 g/mol. The van der Waals surface area contributed by atoms with Gasteiger partial charge in [0.2, 0.25) is 0 Å². The van der Waals surface area contributed by atoms with Gasteiger partial charge < -0.3 is 9.64 Å². The van der Waals surface area contributed by atoms with E-state index in [1.165, 1.54) is 17.2 Å². The summed E-state index contributed by atoms with van der Waals surface area (Å²) in [5, 5.41) is 0. The molecular weight excluding hydrogens is 391 g/mol. The van der Waals surface area contributed by atoms with E-state index in [0.29, 0.717) is 13.1 Å². The van der Waals surface area contributed by atoms with Crippen molar-refractivity contribution in [3.05, 3.63) is 102 Å². The fraction of sp³-hybridized carbons (Fsp3) is 0.269. The molecule has 3 aromatic carbocycles. The molecule has 5 heteroatoms. The third-order valence-corrected chi connectivity index (χ3v) is 5.71. The van der Waals surface area contributed by atoms with Crippen LogP contribution in [0.15, 0.2) is 84.9 Å². The van der Waals surface area contributed by atoms with Crippen LogP contribution in [0.5, 0.6) is 5.75 Å². The zero-order chi connectivity index (χ0) is 21.6. The molecule has 1 aliphatic rings. The van der Waals surface area contributed by atoms with Crippen LogP contribution in [0.4, 0.5) is 4.39 Å². The van der Waals surface area contributed by atoms with Gasteiger partial charge in [-0.15, -0.1) is 0 Å². The highest BCUT2D eigenvalue weighted by atomic mass is 19.1. The van der Waals surface area contributed by atoms with Crippen molar-refractivity contribution in [1.82, 2.24) is 9.80 Å². The number of halogens is 1. The van der Waals surface area contributed by atoms with Crippen LogP contribution in [-0.2, 0) is 4.79 Å². The number of hydrogen-bond donors (Lipinski definition) is 0. The van der Waals surface area contributed by atoms with Crippen molar-refractivity contribution >= 4 is 5.91 Å². The maximum atomic E-state index is 13.9. The van der Waals surface area contributed by atoms with Crippen LogP contribution in [-0.4, -0.2) is 48.0 Å². The minimum absolute atomic E-state index is 0.107. The lowest BCUT2D eigenvalue weighted by molar-refractivity contribution is -0.140. The lowest BCUT2D eigenvalue weighted by atomic mass is 9.96. The second kappa shape index (κ2) is 9.75. The first kappa shape index (κ1) is 21.1. The van der Waals surface area contributed by atoms with Crippen LogP contribution < -0.4 is 4.74 Å². The molecular formula is C26H27FN2O2. The van der Waals surface area contributed by atoms with Gasteiger partial charge in [-0.2, -0.15) is 0 Å². The Morgan fingerprint density at radius 3 is 1.87 bits per heavy atom. The molecule has 4 nitrogen and oxygen atoms in total. The highest BCUT2D eigenvalue weighted by molar-refractivity contribution is 5.81. The van der Waals surface area contributed by atoms with E-state index in [1.807, 2.05) is 17.0 Å². The Hall–Kier alpha value is -3.18. The maximum Gasteiger partial charge on any atom is 0.263 e. The van der Waals surface area contributed by atoms with Crippen LogP contribution in [0.3, 0.4) is 0 Å². The van der Waals surface area contributed by atoms with Gasteiger partial charge in [0, 0.05) is 26.2 Å². The highest BCUT2D eigenvalue weighted by Gasteiger charge is 2.30. The molecule has 4 rings (SSSR count). The summed E-state index contributed by atoms with van der Waals surface area (Å²) in [6, 6.07) is 27.2. The summed E-state index contributed by atoms with van der Waals surface area (Å²) >= 11 is 0. The second-order valence-electron chi connectivity index (χ2n) is 7.78. The number of benzene rings is 3. The van der Waals surface area contributed by atoms with Gasteiger partial charge in [0.15, 0.2) is 17.7 Å². The fourth-order valence-corrected chi connectivity index (χ4v) is 4.12. The summed E-state index contributed by atoms with van der Waals surface area (Å²) in [5.74, 6) is -0.463. The van der Waals surface area contributed by atoms with E-state index in [4.69, 9.17) is 4.74 Å². The highest BCUT2D eigenvalue weighted by Crippen LogP contribution is 2.29. The lowest BCUT2D eigenvalue weighted by Crippen LogP contribution is -2.52. The van der Waals surface area contributed by atoms with Gasteiger partial charge in [-0.05, 0) is 30.2 Å². The van der Waals surface area contributed by atoms with Gasteiger partial charge in [-0.25, -0.2) is 4.39 Å². The first-order chi connectivity index (χ1) is 15.1. The van der Waals surface area contributed by atoms with Gasteiger partial charge in [-0.1, -0.05) is 72.8 Å². The van der Waals surface area contributed by atoms with Crippen LogP contribution in [0.25, 0.3) is 0 Å². The Morgan fingerprint density at radius 2 is 1.32 bits per heavy atom. The molecule has 31 heavy (non-hydrogen) atoms. The number of ether oxygens (including phenoxy) is 1. The molecule has 1 saturated heterocycles. The molecule has 0 N–H and O–H groups in total. The van der Waals surface area contributed by atoms with Crippen molar-refractivity contribution in [3.63, 3.8) is 0 Å². The average Bonchev–Trinajstić information content (AvgIpc) is 2.82. The zero-order valence-electron chi connectivity index (χ0n) is 17.7. The van der Waals surface area contributed by atoms with E-state index < -0.39 is 11.9 Å². The molecule has 0 bridgehead atoms. The first-order valence-corrected chi connectivity index (χ1v) is 10.7. The van der Waals surface area contributed by atoms with E-state index in [1.54, 1.807) is 25.1 Å². The standard InChI is InChI=1S/C26H27FN2O2/c1-20(31-24-15-9-8-14-23(24)27)26(30)29-18-16-28(17-19-29)25(21-10-4-2-5-11-21)22-12-6-3-7-13-22/h2-15,20,25H,16-19H2,1H3. The van der Waals surface area contributed by atoms with Crippen LogP contribution in [0, 0.1) is 5.82 Å². The quantitative estimate of drug-likeness (QED) is 0.590. The predicted molar refractivity (Wildman–Crippen MR) is 119 cm³/mol. The molecule has 0 spiro atoms. The molecule has 0 radical (unpaired) electrons. The van der Waals surface area contributed by atoms with E-state index in [0.717, 1.165) is 13.1 Å². The SMILES string of the molecule is CC(Oc1ccccc1F)C(=O)N1CCN(C(c2ccccc2)c2ccccc2)CC1. The summed E-state index contributed by atoms with van der Waals surface area (Å²) in [7, 11) is 0. The Bertz CT molecular complexity index is 949. The maximum absolute atomic E-state index is 13.9. The molecule has 1 unspecified atom stereocenters. The summed E-state index contributed by atoms with van der Waals surface area (Å²) in [6.45, 7) is 4.41. The Labute approximate surface area is 182 Å². The number of para-hydroxylation sites is 1. The van der Waals surface area contributed by atoms with Crippen LogP contribution >= 0.6 is 0 Å². The molecule has 3 aromatic rings. The van der Waals surface area contributed by atoms with Gasteiger partial charge in [0.1, 0.15) is 0 Å². The third-order valence-electron chi connectivity index (χ3n) is 5.71. The number of carbonyl (C=O) groups is 1. The first-order valence-electron chi connectivity index (χ1n) is 10.7. The third kappa shape index (κ3) is 4.94. The van der Waals surface area contributed by atoms with Crippen molar-refractivity contribution in [2.75, 3.05) is 26.2 Å². The number of amides is 1. The molecule has 0 saturated carbocycles. The average molecular weight is 419 g/mol. The molecule has 1 aliphatic heterocycles. The van der Waals surface area contributed by atoms with Gasteiger partial charge >= 0.3 is 0 Å². The smallest absolute Gasteiger partial charge is 0.263 e. The van der Waals surface area contributed by atoms with Crippen molar-refractivity contribution in [2.45, 2.75) is 19.1 Å². The molecule has 1 atom stereocenters. The summed E-state index contributed by atoms with van der Waals surface area (Å²) in [4.78, 5) is 17.1. The number of piperazine rings is 1. The van der Waals surface area contributed by atoms with Crippen LogP contribution in [0.1, 0.15) is 24.1 Å². The topological polar surface area (TPSA) is 32.8 Å². The minimum atomic E-state index is -0.734. The van der Waals surface area contributed by atoms with E-state index in [-0.39, 0.29) is 17.7 Å². The predicted octanol–water partition coefficient (Wildman–Crippen LogP) is 4.53. The van der Waals surface area contributed by atoms with Gasteiger partial charge in [-0.3, -0.25) is 9.69 Å². The number of hydrogen-bond acceptors (Lipinski definition) is 3. The normalized spacial score (nSPS) is 15.6. The number of rotatable bonds is 6. The lowest BCUT2D eigenvalue weighted by Gasteiger charge is -2.40. The zero-order valence-corrected chi connectivity index (χ0v) is 17.7. The molecule has 1 heterocycles. The summed E-state index contributed by atoms with van der Waals surface area (Å²) < 4.78 is 19.5. The van der Waals surface area contributed by atoms with Gasteiger partial charge in [0.05, 0.1) is 6.04 Å². The Balaban J connectivity index is 1.43. The van der Waals surface area contributed by atoms with Crippen molar-refractivity contribution in [3.8, 4) is 5.75 Å². The molecule has 1 fully saturated rings. The van der Waals surface area contributed by atoms with Crippen molar-refractivity contribution < 1.29 is 13.9 Å². The summed E-state index contributed by atoms with van der Waals surface area (Å²) in [5.41, 5.74) is 2.48. The second-order valence-corrected chi connectivity index (χ2v) is 7.78. The molecule has 1 amide bonds.